The summed E-state index contributed by atoms with van der Waals surface area (Å²) in [5.41, 5.74) is 1.69. The third-order valence-corrected chi connectivity index (χ3v) is 8.14. The predicted molar refractivity (Wildman–Crippen MR) is 111 cm³/mol. The van der Waals surface area contributed by atoms with Crippen molar-refractivity contribution >= 4 is 21.6 Å². The second-order valence-electron chi connectivity index (χ2n) is 9.63. The van der Waals surface area contributed by atoms with Gasteiger partial charge in [0.05, 0.1) is 21.8 Å². The number of likely N-dealkylation sites (tertiary alicyclic amines) is 1. The maximum Gasteiger partial charge on any atom is 0.425 e. The van der Waals surface area contributed by atoms with Crippen LogP contribution in [0.1, 0.15) is 30.1 Å². The minimum Gasteiger partial charge on any atom is -0.480 e. The van der Waals surface area contributed by atoms with Crippen LogP contribution in [0.4, 0.5) is 22.0 Å². The van der Waals surface area contributed by atoms with Gasteiger partial charge >= 0.3 is 6.18 Å². The topological polar surface area (TPSA) is 97.3 Å². The van der Waals surface area contributed by atoms with Crippen LogP contribution in [0.15, 0.2) is 28.1 Å². The number of carbonyl (C=O) groups is 1. The Balaban J connectivity index is 1.38. The van der Waals surface area contributed by atoms with E-state index < -0.39 is 57.3 Å². The Morgan fingerprint density at radius 1 is 1.31 bits per heavy atom. The fourth-order valence-corrected chi connectivity index (χ4v) is 5.33. The lowest BCUT2D eigenvalue weighted by molar-refractivity contribution is -0.189. The van der Waals surface area contributed by atoms with Crippen LogP contribution in [-0.2, 0) is 14.7 Å². The van der Waals surface area contributed by atoms with Crippen LogP contribution in [0.25, 0.3) is 0 Å². The Morgan fingerprint density at radius 3 is 2.60 bits per heavy atom. The van der Waals surface area contributed by atoms with E-state index in [1.54, 1.807) is 0 Å². The molecule has 0 aromatic heterocycles. The fraction of sp³-hybridized carbons (Fsp3) is 0.619. The molecule has 192 valence electrons. The van der Waals surface area contributed by atoms with Crippen LogP contribution in [-0.4, -0.2) is 68.8 Å². The molecule has 2 aliphatic heterocycles. The Kier molecular flexibility index (Phi) is 5.20. The van der Waals surface area contributed by atoms with E-state index in [1.807, 2.05) is 0 Å². The molecule has 0 spiro atoms. The molecule has 1 aromatic rings. The zero-order chi connectivity index (χ0) is 25.6. The summed E-state index contributed by atoms with van der Waals surface area (Å²) in [7, 11) is -3.76. The van der Waals surface area contributed by atoms with E-state index >= 15 is 0 Å². The summed E-state index contributed by atoms with van der Waals surface area (Å²) >= 11 is 0. The highest BCUT2D eigenvalue weighted by Gasteiger charge is 2.67. The molecule has 2 aliphatic carbocycles. The number of aliphatic imine (C=N–C) groups is 1. The number of sulfone groups is 1. The largest absolute Gasteiger partial charge is 0.480 e. The quantitative estimate of drug-likeness (QED) is 0.576. The molecule has 5 atom stereocenters. The second-order valence-corrected chi connectivity index (χ2v) is 11.7. The van der Waals surface area contributed by atoms with E-state index in [2.05, 4.69) is 10.5 Å². The van der Waals surface area contributed by atoms with Crippen molar-refractivity contribution in [2.75, 3.05) is 19.3 Å². The number of halogens is 5. The van der Waals surface area contributed by atoms with Crippen molar-refractivity contribution < 1.29 is 44.7 Å². The normalized spacial score (nSPS) is 31.9. The number of alkyl halides is 5. The summed E-state index contributed by atoms with van der Waals surface area (Å²) in [5, 5.41) is 0. The van der Waals surface area contributed by atoms with Crippen molar-refractivity contribution in [1.29, 1.82) is 0 Å². The maximum absolute atomic E-state index is 13.4. The van der Waals surface area contributed by atoms with Gasteiger partial charge in [0, 0.05) is 25.8 Å². The smallest absolute Gasteiger partial charge is 0.425 e. The average molecular weight is 523 g/mol. The number of piperidine rings is 1. The van der Waals surface area contributed by atoms with E-state index in [0.717, 1.165) is 31.4 Å². The maximum atomic E-state index is 13.4. The fourth-order valence-electron chi connectivity index (χ4n) is 4.68. The number of benzene rings is 1. The van der Waals surface area contributed by atoms with Gasteiger partial charge in [0.15, 0.2) is 22.2 Å². The number of nitrogens with one attached hydrogen (secondary N) is 1. The first-order chi connectivity index (χ1) is 16.1. The molecule has 2 saturated carbocycles. The van der Waals surface area contributed by atoms with Gasteiger partial charge in [-0.05, 0) is 37.5 Å². The monoisotopic (exact) mass is 523 g/mol. The van der Waals surface area contributed by atoms with Gasteiger partial charge in [-0.2, -0.15) is 13.2 Å². The van der Waals surface area contributed by atoms with E-state index in [0.29, 0.717) is 12.3 Å². The lowest BCUT2D eigenvalue weighted by Gasteiger charge is -2.24. The van der Waals surface area contributed by atoms with Crippen LogP contribution in [0, 0.1) is 17.3 Å². The number of hydroxylamine groups is 1. The van der Waals surface area contributed by atoms with Gasteiger partial charge in [-0.1, -0.05) is 0 Å². The minimum atomic E-state index is -4.70. The highest BCUT2D eigenvalue weighted by Crippen LogP contribution is 2.60. The molecule has 1 saturated heterocycles. The molecule has 3 fully saturated rings. The lowest BCUT2D eigenvalue weighted by Crippen LogP contribution is -2.37. The summed E-state index contributed by atoms with van der Waals surface area (Å²) < 4.78 is 94.9. The molecular formula is C21H22F5N3O5S. The van der Waals surface area contributed by atoms with E-state index in [-0.39, 0.29) is 35.9 Å². The molecular weight excluding hydrogens is 501 g/mol. The number of amides is 1. The van der Waals surface area contributed by atoms with Gasteiger partial charge in [0.1, 0.15) is 11.6 Å². The van der Waals surface area contributed by atoms with Crippen LogP contribution >= 0.6 is 0 Å². The van der Waals surface area contributed by atoms with E-state index in [9.17, 15) is 35.2 Å². The predicted octanol–water partition coefficient (Wildman–Crippen LogP) is 2.80. The number of hydrogen-bond donors (Lipinski definition) is 1. The molecule has 35 heavy (non-hydrogen) atoms. The van der Waals surface area contributed by atoms with Crippen molar-refractivity contribution in [1.82, 2.24) is 10.4 Å². The number of carbonyl (C=O) groups excluding carboxylic acids is 1. The summed E-state index contributed by atoms with van der Waals surface area (Å²) in [5.74, 6) is -4.59. The van der Waals surface area contributed by atoms with Gasteiger partial charge in [-0.25, -0.2) is 27.0 Å². The Bertz CT molecular complexity index is 1220. The second kappa shape index (κ2) is 7.51. The molecule has 5 rings (SSSR count). The van der Waals surface area contributed by atoms with Gasteiger partial charge in [-0.3, -0.25) is 10.3 Å². The molecule has 1 N–H and O–H groups in total. The first kappa shape index (κ1) is 24.2. The standard InChI is InChI=1S/C21H22F5N3O5S/c1-10(21(24,25)26)33-15-4-3-12(35(2,31)32)5-13(15)17(30)29-8-11-6-19(11,9-29)18-27-16(34-28-18)14-7-20(14,22)23/h3-5,10-11,14,16H,6-9H2,1-2H3,(H,27,28)/t10-,11?,14?,16?,19?/m1/s1. The molecule has 0 radical (unpaired) electrons. The zero-order valence-electron chi connectivity index (χ0n) is 18.6. The van der Waals surface area contributed by atoms with Crippen molar-refractivity contribution in [3.05, 3.63) is 23.8 Å². The van der Waals surface area contributed by atoms with Gasteiger partial charge in [0.2, 0.25) is 0 Å². The van der Waals surface area contributed by atoms with Crippen molar-refractivity contribution in [2.24, 2.45) is 22.2 Å². The number of nitrogens with zero attached hydrogens (tertiary/aromatic N) is 2. The summed E-state index contributed by atoms with van der Waals surface area (Å²) in [6.45, 7) is 1.14. The molecule has 4 aliphatic rings. The third kappa shape index (κ3) is 4.24. The number of hydrogen-bond acceptors (Lipinski definition) is 7. The summed E-state index contributed by atoms with van der Waals surface area (Å²) in [6.07, 6.45) is -6.71. The van der Waals surface area contributed by atoms with Crippen molar-refractivity contribution in [2.45, 2.75) is 49.1 Å². The third-order valence-electron chi connectivity index (χ3n) is 7.03. The molecule has 0 bridgehead atoms. The molecule has 4 unspecified atom stereocenters. The number of ether oxygens (including phenoxy) is 1. The van der Waals surface area contributed by atoms with Crippen LogP contribution in [0.2, 0.25) is 0 Å². The zero-order valence-corrected chi connectivity index (χ0v) is 19.4. The summed E-state index contributed by atoms with van der Waals surface area (Å²) in [4.78, 5) is 24.0. The van der Waals surface area contributed by atoms with Crippen molar-refractivity contribution in [3.8, 4) is 5.75 Å². The summed E-state index contributed by atoms with van der Waals surface area (Å²) in [6, 6.07) is 3.12. The molecule has 8 nitrogen and oxygen atoms in total. The van der Waals surface area contributed by atoms with Crippen molar-refractivity contribution in [3.63, 3.8) is 0 Å². The van der Waals surface area contributed by atoms with Crippen LogP contribution in [0.5, 0.6) is 5.75 Å². The van der Waals surface area contributed by atoms with Gasteiger partial charge in [0.25, 0.3) is 11.8 Å². The highest BCUT2D eigenvalue weighted by molar-refractivity contribution is 7.90. The number of fused-ring (bicyclic) bond motifs is 1. The Hall–Kier alpha value is -2.48. The van der Waals surface area contributed by atoms with E-state index in [4.69, 9.17) is 9.57 Å². The number of rotatable bonds is 6. The Labute approximate surface area is 197 Å². The van der Waals surface area contributed by atoms with E-state index in [1.165, 1.54) is 4.90 Å². The highest BCUT2D eigenvalue weighted by atomic mass is 32.2. The van der Waals surface area contributed by atoms with Crippen LogP contribution in [0.3, 0.4) is 0 Å². The lowest BCUT2D eigenvalue weighted by atomic mass is 10.1. The first-order valence-electron chi connectivity index (χ1n) is 10.9. The SMILES string of the molecule is C[C@@H](Oc1ccc(S(C)(=O)=O)cc1C(=O)N1CC2CC2(C2=NC(C3CC3(F)F)ON2)C1)C(F)(F)F. The molecule has 2 heterocycles. The van der Waals surface area contributed by atoms with Gasteiger partial charge < -0.3 is 9.64 Å². The first-order valence-corrected chi connectivity index (χ1v) is 12.8. The molecule has 14 heteroatoms. The minimum absolute atomic E-state index is 0.0451. The van der Waals surface area contributed by atoms with Gasteiger partial charge in [-0.15, -0.1) is 0 Å². The molecule has 1 amide bonds. The Morgan fingerprint density at radius 2 is 2.00 bits per heavy atom. The number of amidine groups is 1. The average Bonchev–Trinajstić information content (AvgIpc) is 3.43. The van der Waals surface area contributed by atoms with Crippen LogP contribution < -0.4 is 10.2 Å². The molecule has 1 aromatic carbocycles.